The lowest BCUT2D eigenvalue weighted by Gasteiger charge is -2.05. The van der Waals surface area contributed by atoms with Crippen LogP contribution in [0.5, 0.6) is 0 Å². The fourth-order valence-corrected chi connectivity index (χ4v) is 2.95. The zero-order chi connectivity index (χ0) is 9.97. The number of fused-ring (bicyclic) bond motifs is 1. The van der Waals surface area contributed by atoms with Crippen molar-refractivity contribution in [2.75, 3.05) is 12.4 Å². The lowest BCUT2D eigenvalue weighted by atomic mass is 10.1. The minimum absolute atomic E-state index is 0.300. The maximum absolute atomic E-state index is 11.6. The van der Waals surface area contributed by atoms with Crippen molar-refractivity contribution in [1.82, 2.24) is 5.32 Å². The molecule has 2 atom stereocenters. The second-order valence-corrected chi connectivity index (χ2v) is 4.85. The number of carbonyl (C=O) groups excluding carboxylic acids is 1. The van der Waals surface area contributed by atoms with E-state index >= 15 is 0 Å². The number of rotatable bonds is 5. The van der Waals surface area contributed by atoms with Crippen molar-refractivity contribution >= 4 is 17.5 Å². The summed E-state index contributed by atoms with van der Waals surface area (Å²) in [7, 11) is 0. The van der Waals surface area contributed by atoms with Gasteiger partial charge in [-0.1, -0.05) is 6.42 Å². The van der Waals surface area contributed by atoms with E-state index < -0.39 is 0 Å². The molecule has 0 radical (unpaired) electrons. The molecule has 2 saturated carbocycles. The van der Waals surface area contributed by atoms with Gasteiger partial charge in [0.15, 0.2) is 0 Å². The van der Waals surface area contributed by atoms with Gasteiger partial charge in [0.25, 0.3) is 0 Å². The molecule has 2 aliphatic carbocycles. The average molecular weight is 216 g/mol. The summed E-state index contributed by atoms with van der Waals surface area (Å²) in [5.74, 6) is 2.85. The Balaban J connectivity index is 1.61. The van der Waals surface area contributed by atoms with Gasteiger partial charge in [-0.15, -0.1) is 11.6 Å². The van der Waals surface area contributed by atoms with Crippen LogP contribution >= 0.6 is 11.6 Å². The van der Waals surface area contributed by atoms with Gasteiger partial charge in [0.1, 0.15) is 0 Å². The molecule has 0 aromatic heterocycles. The van der Waals surface area contributed by atoms with Gasteiger partial charge < -0.3 is 5.32 Å². The first kappa shape index (κ1) is 10.3. The molecular weight excluding hydrogens is 198 g/mol. The van der Waals surface area contributed by atoms with Crippen molar-refractivity contribution < 1.29 is 4.79 Å². The fourth-order valence-electron chi connectivity index (χ4n) is 2.76. The number of hydrogen-bond acceptors (Lipinski definition) is 1. The van der Waals surface area contributed by atoms with E-state index in [1.54, 1.807) is 0 Å². The van der Waals surface area contributed by atoms with Gasteiger partial charge in [-0.2, -0.15) is 0 Å². The molecule has 0 aromatic rings. The zero-order valence-electron chi connectivity index (χ0n) is 8.47. The Labute approximate surface area is 90.4 Å². The Morgan fingerprint density at radius 3 is 2.64 bits per heavy atom. The topological polar surface area (TPSA) is 29.1 Å². The highest BCUT2D eigenvalue weighted by Gasteiger charge is 2.56. The molecule has 1 amide bonds. The van der Waals surface area contributed by atoms with Crippen LogP contribution in [-0.4, -0.2) is 18.3 Å². The van der Waals surface area contributed by atoms with Gasteiger partial charge in [-0.25, -0.2) is 0 Å². The van der Waals surface area contributed by atoms with E-state index in [0.29, 0.717) is 17.7 Å². The molecule has 0 spiro atoms. The number of halogens is 1. The molecule has 80 valence electrons. The molecule has 2 unspecified atom stereocenters. The third kappa shape index (κ3) is 2.05. The summed E-state index contributed by atoms with van der Waals surface area (Å²) in [6.45, 7) is 0.807. The molecule has 3 heteroatoms. The number of unbranched alkanes of at least 4 members (excludes halogenated alkanes) is 1. The van der Waals surface area contributed by atoms with Crippen LogP contribution in [0.15, 0.2) is 0 Å². The summed E-state index contributed by atoms with van der Waals surface area (Å²) < 4.78 is 0. The maximum atomic E-state index is 11.6. The predicted octanol–water partition coefficient (Wildman–Crippen LogP) is 2.17. The van der Waals surface area contributed by atoms with Gasteiger partial charge in [-0.3, -0.25) is 4.79 Å². The Morgan fingerprint density at radius 2 is 2.00 bits per heavy atom. The number of amides is 1. The number of alkyl halides is 1. The Bertz CT molecular complexity index is 209. The maximum Gasteiger partial charge on any atom is 0.223 e. The van der Waals surface area contributed by atoms with Crippen molar-refractivity contribution in [2.24, 2.45) is 17.8 Å². The van der Waals surface area contributed by atoms with Crippen LogP contribution in [0.2, 0.25) is 0 Å². The number of carbonyl (C=O) groups is 1. The Morgan fingerprint density at radius 1 is 1.29 bits per heavy atom. The van der Waals surface area contributed by atoms with E-state index in [1.807, 2.05) is 0 Å². The fraction of sp³-hybridized carbons (Fsp3) is 0.909. The smallest absolute Gasteiger partial charge is 0.223 e. The van der Waals surface area contributed by atoms with E-state index in [4.69, 9.17) is 11.6 Å². The van der Waals surface area contributed by atoms with Crippen molar-refractivity contribution in [3.63, 3.8) is 0 Å². The van der Waals surface area contributed by atoms with Crippen molar-refractivity contribution in [3.8, 4) is 0 Å². The van der Waals surface area contributed by atoms with Crippen LogP contribution in [0.4, 0.5) is 0 Å². The third-order valence-electron chi connectivity index (χ3n) is 3.57. The molecule has 2 rings (SSSR count). The van der Waals surface area contributed by atoms with Gasteiger partial charge in [0.05, 0.1) is 0 Å². The molecule has 0 saturated heterocycles. The SMILES string of the molecule is O=C(NCCCCCl)C1C2CCCC21. The molecule has 1 N–H and O–H groups in total. The molecule has 14 heavy (non-hydrogen) atoms. The second kappa shape index (κ2) is 4.52. The third-order valence-corrected chi connectivity index (χ3v) is 3.84. The molecular formula is C11H18ClNO. The number of nitrogens with one attached hydrogen (secondary N) is 1. The molecule has 0 bridgehead atoms. The summed E-state index contributed by atoms with van der Waals surface area (Å²) in [5, 5.41) is 3.01. The Kier molecular flexibility index (Phi) is 3.32. The van der Waals surface area contributed by atoms with Crippen LogP contribution in [-0.2, 0) is 4.79 Å². The summed E-state index contributed by atoms with van der Waals surface area (Å²) in [4.78, 5) is 11.6. The summed E-state index contributed by atoms with van der Waals surface area (Å²) in [6.07, 6.45) is 5.91. The number of hydrogen-bond donors (Lipinski definition) is 1. The molecule has 2 nitrogen and oxygen atoms in total. The summed E-state index contributed by atoms with van der Waals surface area (Å²) in [6, 6.07) is 0. The van der Waals surface area contributed by atoms with Crippen molar-refractivity contribution in [3.05, 3.63) is 0 Å². The highest BCUT2D eigenvalue weighted by molar-refractivity contribution is 6.17. The molecule has 0 heterocycles. The predicted molar refractivity (Wildman–Crippen MR) is 57.3 cm³/mol. The van der Waals surface area contributed by atoms with Crippen molar-refractivity contribution in [2.45, 2.75) is 32.1 Å². The van der Waals surface area contributed by atoms with Crippen LogP contribution in [0.3, 0.4) is 0 Å². The van der Waals surface area contributed by atoms with Crippen LogP contribution in [0.1, 0.15) is 32.1 Å². The molecule has 2 aliphatic rings. The summed E-state index contributed by atoms with van der Waals surface area (Å²) in [5.41, 5.74) is 0. The summed E-state index contributed by atoms with van der Waals surface area (Å²) >= 11 is 5.56. The minimum atomic E-state index is 0.300. The standard InChI is InChI=1S/C11H18ClNO/c12-6-1-2-7-13-11(14)10-8-4-3-5-9(8)10/h8-10H,1-7H2,(H,13,14). The van der Waals surface area contributed by atoms with Gasteiger partial charge in [0.2, 0.25) is 5.91 Å². The van der Waals surface area contributed by atoms with E-state index in [1.165, 1.54) is 19.3 Å². The van der Waals surface area contributed by atoms with Crippen LogP contribution < -0.4 is 5.32 Å². The first-order valence-corrected chi connectivity index (χ1v) is 6.21. The van der Waals surface area contributed by atoms with Gasteiger partial charge >= 0.3 is 0 Å². The molecule has 0 aliphatic heterocycles. The van der Waals surface area contributed by atoms with Crippen molar-refractivity contribution in [1.29, 1.82) is 0 Å². The highest BCUT2D eigenvalue weighted by atomic mass is 35.5. The molecule has 0 aromatic carbocycles. The minimum Gasteiger partial charge on any atom is -0.356 e. The average Bonchev–Trinajstić information content (AvgIpc) is 2.67. The Hall–Kier alpha value is -0.240. The lowest BCUT2D eigenvalue weighted by molar-refractivity contribution is -0.123. The van der Waals surface area contributed by atoms with Crippen LogP contribution in [0.25, 0.3) is 0 Å². The van der Waals surface area contributed by atoms with Crippen LogP contribution in [0, 0.1) is 17.8 Å². The largest absolute Gasteiger partial charge is 0.356 e. The normalized spacial score (nSPS) is 33.9. The monoisotopic (exact) mass is 215 g/mol. The first-order valence-electron chi connectivity index (χ1n) is 5.68. The van der Waals surface area contributed by atoms with E-state index in [2.05, 4.69) is 5.32 Å². The van der Waals surface area contributed by atoms with E-state index in [9.17, 15) is 4.79 Å². The highest BCUT2D eigenvalue weighted by Crippen LogP contribution is 2.57. The van der Waals surface area contributed by atoms with Gasteiger partial charge in [0, 0.05) is 18.3 Å². The van der Waals surface area contributed by atoms with E-state index in [0.717, 1.165) is 31.2 Å². The second-order valence-electron chi connectivity index (χ2n) is 4.47. The first-order chi connectivity index (χ1) is 6.84. The van der Waals surface area contributed by atoms with Gasteiger partial charge in [-0.05, 0) is 37.5 Å². The molecule has 2 fully saturated rings. The quantitative estimate of drug-likeness (QED) is 0.553. The lowest BCUT2D eigenvalue weighted by Crippen LogP contribution is -2.27. The zero-order valence-corrected chi connectivity index (χ0v) is 9.22. The van der Waals surface area contributed by atoms with E-state index in [-0.39, 0.29) is 0 Å².